The van der Waals surface area contributed by atoms with Crippen molar-refractivity contribution in [2.75, 3.05) is 0 Å². The third-order valence-electron chi connectivity index (χ3n) is 6.06. The van der Waals surface area contributed by atoms with Gasteiger partial charge in [-0.15, -0.1) is 0 Å². The molecule has 2 aliphatic rings. The van der Waals surface area contributed by atoms with E-state index in [1.54, 1.807) is 42.6 Å². The monoisotopic (exact) mass is 385 g/mol. The molecule has 1 aliphatic heterocycles. The van der Waals surface area contributed by atoms with E-state index in [0.29, 0.717) is 29.7 Å². The number of phenolic OH excluding ortho intramolecular Hbond substituents is 1. The van der Waals surface area contributed by atoms with Crippen LogP contribution in [0.4, 0.5) is 0 Å². The van der Waals surface area contributed by atoms with Crippen LogP contribution in [0, 0.1) is 0 Å². The van der Waals surface area contributed by atoms with E-state index in [1.807, 2.05) is 13.0 Å². The number of fused-ring (bicyclic) bond motifs is 2. The summed E-state index contributed by atoms with van der Waals surface area (Å²) in [6.07, 6.45) is 5.21. The summed E-state index contributed by atoms with van der Waals surface area (Å²) in [7, 11) is 0. The molecule has 2 heterocycles. The molecule has 6 heteroatoms. The fourth-order valence-corrected chi connectivity index (χ4v) is 4.62. The van der Waals surface area contributed by atoms with E-state index < -0.39 is 5.54 Å². The van der Waals surface area contributed by atoms with Crippen LogP contribution in [0.5, 0.6) is 5.75 Å². The number of aromatic nitrogens is 2. The topological polar surface area (TPSA) is 83.4 Å². The minimum atomic E-state index is -0.846. The number of carbonyl (C=O) groups is 2. The van der Waals surface area contributed by atoms with Crippen LogP contribution in [0.15, 0.2) is 55.0 Å². The summed E-state index contributed by atoms with van der Waals surface area (Å²) in [6.45, 7) is 1.91. The summed E-state index contributed by atoms with van der Waals surface area (Å²) in [4.78, 5) is 36.0. The summed E-state index contributed by atoms with van der Waals surface area (Å²) in [6, 6.07) is 12.3. The van der Waals surface area contributed by atoms with Gasteiger partial charge in [-0.25, -0.2) is 9.97 Å². The third-order valence-corrected chi connectivity index (χ3v) is 6.06. The van der Waals surface area contributed by atoms with Crippen molar-refractivity contribution >= 4 is 11.8 Å². The van der Waals surface area contributed by atoms with E-state index in [1.165, 1.54) is 11.2 Å². The second kappa shape index (κ2) is 6.24. The van der Waals surface area contributed by atoms with E-state index in [4.69, 9.17) is 0 Å². The fourth-order valence-electron chi connectivity index (χ4n) is 4.62. The molecule has 0 radical (unpaired) electrons. The number of hydrogen-bond donors (Lipinski definition) is 1. The quantitative estimate of drug-likeness (QED) is 0.680. The van der Waals surface area contributed by atoms with Crippen molar-refractivity contribution in [2.24, 2.45) is 0 Å². The smallest absolute Gasteiger partial charge is 0.262 e. The summed E-state index contributed by atoms with van der Waals surface area (Å²) in [5.74, 6) is -0.403. The lowest BCUT2D eigenvalue weighted by Gasteiger charge is -2.42. The number of carbonyl (C=O) groups excluding carboxylic acids is 2. The van der Waals surface area contributed by atoms with Crippen molar-refractivity contribution in [3.05, 3.63) is 77.2 Å². The van der Waals surface area contributed by atoms with Crippen molar-refractivity contribution in [1.82, 2.24) is 14.9 Å². The average molecular weight is 385 g/mol. The van der Waals surface area contributed by atoms with Gasteiger partial charge in [0.25, 0.3) is 11.8 Å². The van der Waals surface area contributed by atoms with Gasteiger partial charge < -0.3 is 5.11 Å². The molecule has 0 fully saturated rings. The Morgan fingerprint density at radius 1 is 1.07 bits per heavy atom. The molecule has 0 bridgehead atoms. The molecule has 0 saturated carbocycles. The number of aromatic hydroxyl groups is 1. The van der Waals surface area contributed by atoms with Gasteiger partial charge in [0.1, 0.15) is 12.1 Å². The van der Waals surface area contributed by atoms with Crippen molar-refractivity contribution in [2.45, 2.75) is 31.7 Å². The van der Waals surface area contributed by atoms with E-state index in [9.17, 15) is 14.7 Å². The number of hydrogen-bond acceptors (Lipinski definition) is 5. The van der Waals surface area contributed by atoms with Crippen LogP contribution in [0.25, 0.3) is 11.3 Å². The molecule has 1 unspecified atom stereocenters. The largest absolute Gasteiger partial charge is 0.508 e. The SMILES string of the molecule is CC1(N2C(=O)c3ccccc3C2=O)CCCc2c(O)cc(-c3ccncn3)cc21. The third kappa shape index (κ3) is 2.49. The lowest BCUT2D eigenvalue weighted by atomic mass is 9.75. The molecule has 1 aliphatic carbocycles. The maximum atomic E-state index is 13.2. The minimum Gasteiger partial charge on any atom is -0.508 e. The second-order valence-electron chi connectivity index (χ2n) is 7.73. The first kappa shape index (κ1) is 17.6. The Morgan fingerprint density at radius 2 is 1.79 bits per heavy atom. The first-order valence-corrected chi connectivity index (χ1v) is 9.61. The molecule has 2 amide bonds. The predicted molar refractivity (Wildman–Crippen MR) is 106 cm³/mol. The highest BCUT2D eigenvalue weighted by Crippen LogP contribution is 2.47. The second-order valence-corrected chi connectivity index (χ2v) is 7.73. The Morgan fingerprint density at radius 3 is 2.45 bits per heavy atom. The highest BCUT2D eigenvalue weighted by Gasteiger charge is 2.49. The number of benzene rings is 2. The molecule has 0 spiro atoms. The molecular formula is C23H19N3O3. The molecule has 1 atom stereocenters. The molecule has 3 aromatic rings. The van der Waals surface area contributed by atoms with Gasteiger partial charge in [-0.1, -0.05) is 12.1 Å². The van der Waals surface area contributed by atoms with Crippen LogP contribution >= 0.6 is 0 Å². The maximum Gasteiger partial charge on any atom is 0.262 e. The summed E-state index contributed by atoms with van der Waals surface area (Å²) in [5.41, 5.74) is 3.01. The van der Waals surface area contributed by atoms with Crippen molar-refractivity contribution in [1.29, 1.82) is 0 Å². The highest BCUT2D eigenvalue weighted by molar-refractivity contribution is 6.21. The van der Waals surface area contributed by atoms with Gasteiger partial charge in [0.2, 0.25) is 0 Å². The normalized spacial score (nSPS) is 20.5. The Hall–Kier alpha value is -3.54. The Balaban J connectivity index is 1.69. The summed E-state index contributed by atoms with van der Waals surface area (Å²) in [5, 5.41) is 10.7. The van der Waals surface area contributed by atoms with E-state index in [2.05, 4.69) is 9.97 Å². The molecule has 144 valence electrons. The zero-order chi connectivity index (χ0) is 20.2. The standard InChI is InChI=1S/C23H19N3O3/c1-23(26-21(28)15-5-2-3-6-16(15)22(26)29)9-4-7-17-18(23)11-14(12-20(17)27)19-8-10-24-13-25-19/h2-3,5-6,8,10-13,27H,4,7,9H2,1H3. The Kier molecular flexibility index (Phi) is 3.77. The van der Waals surface area contributed by atoms with E-state index in [0.717, 1.165) is 23.1 Å². The van der Waals surface area contributed by atoms with Gasteiger partial charge in [0.05, 0.1) is 22.4 Å². The number of rotatable bonds is 2. The average Bonchev–Trinajstić information content (AvgIpc) is 3.00. The molecular weight excluding hydrogens is 366 g/mol. The van der Waals surface area contributed by atoms with Crippen LogP contribution in [0.1, 0.15) is 51.6 Å². The predicted octanol–water partition coefficient (Wildman–Crippen LogP) is 3.70. The molecule has 29 heavy (non-hydrogen) atoms. The van der Waals surface area contributed by atoms with Crippen LogP contribution in [-0.2, 0) is 12.0 Å². The van der Waals surface area contributed by atoms with Crippen molar-refractivity contribution < 1.29 is 14.7 Å². The van der Waals surface area contributed by atoms with Crippen LogP contribution in [-0.4, -0.2) is 31.8 Å². The fraction of sp³-hybridized carbons (Fsp3) is 0.217. The van der Waals surface area contributed by atoms with Gasteiger partial charge in [-0.3, -0.25) is 14.5 Å². The number of phenols is 1. The van der Waals surface area contributed by atoms with Gasteiger partial charge in [0.15, 0.2) is 0 Å². The summed E-state index contributed by atoms with van der Waals surface area (Å²) >= 11 is 0. The van der Waals surface area contributed by atoms with Gasteiger partial charge in [-0.2, -0.15) is 0 Å². The van der Waals surface area contributed by atoms with Crippen molar-refractivity contribution in [3.63, 3.8) is 0 Å². The van der Waals surface area contributed by atoms with Gasteiger partial charge in [0, 0.05) is 11.8 Å². The van der Waals surface area contributed by atoms with Crippen LogP contribution in [0.2, 0.25) is 0 Å². The zero-order valence-electron chi connectivity index (χ0n) is 15.9. The maximum absolute atomic E-state index is 13.2. The Labute approximate surface area is 167 Å². The van der Waals surface area contributed by atoms with Crippen LogP contribution < -0.4 is 0 Å². The summed E-state index contributed by atoms with van der Waals surface area (Å²) < 4.78 is 0. The number of nitrogens with zero attached hydrogens (tertiary/aromatic N) is 3. The molecule has 2 aromatic carbocycles. The molecule has 1 N–H and O–H groups in total. The molecule has 6 nitrogen and oxygen atoms in total. The van der Waals surface area contributed by atoms with Crippen LogP contribution in [0.3, 0.4) is 0 Å². The lowest BCUT2D eigenvalue weighted by Crippen LogP contribution is -2.49. The van der Waals surface area contributed by atoms with E-state index >= 15 is 0 Å². The van der Waals surface area contributed by atoms with E-state index in [-0.39, 0.29) is 17.6 Å². The lowest BCUT2D eigenvalue weighted by molar-refractivity contribution is 0.0408. The molecule has 0 saturated heterocycles. The zero-order valence-corrected chi connectivity index (χ0v) is 15.9. The minimum absolute atomic E-state index is 0.165. The molecule has 5 rings (SSSR count). The van der Waals surface area contributed by atoms with Gasteiger partial charge in [-0.05, 0) is 67.6 Å². The first-order chi connectivity index (χ1) is 14.0. The first-order valence-electron chi connectivity index (χ1n) is 9.61. The highest BCUT2D eigenvalue weighted by atomic mass is 16.3. The number of amides is 2. The van der Waals surface area contributed by atoms with Gasteiger partial charge >= 0.3 is 0 Å². The van der Waals surface area contributed by atoms with Crippen molar-refractivity contribution in [3.8, 4) is 17.0 Å². The number of imide groups is 1. The molecule has 1 aromatic heterocycles. The Bertz CT molecular complexity index is 1120.